The molecule has 0 bridgehead atoms. The first kappa shape index (κ1) is 12.6. The molecule has 0 saturated carbocycles. The molecule has 0 fully saturated rings. The Morgan fingerprint density at radius 3 is 2.88 bits per heavy atom. The summed E-state index contributed by atoms with van der Waals surface area (Å²) >= 11 is 1.26. The second-order valence-corrected chi connectivity index (χ2v) is 4.54. The van der Waals surface area contributed by atoms with Crippen molar-refractivity contribution >= 4 is 34.5 Å². The number of nitrogens with two attached hydrogens (primary N) is 2. The van der Waals surface area contributed by atoms with Gasteiger partial charge in [0.1, 0.15) is 5.82 Å². The Bertz CT molecular complexity index is 429. The van der Waals surface area contributed by atoms with Crippen molar-refractivity contribution in [2.75, 3.05) is 17.2 Å². The van der Waals surface area contributed by atoms with Gasteiger partial charge in [-0.15, -0.1) is 0 Å². The van der Waals surface area contributed by atoms with E-state index in [1.807, 2.05) is 19.1 Å². The first-order valence-corrected chi connectivity index (χ1v) is 5.81. The van der Waals surface area contributed by atoms with Gasteiger partial charge in [0.05, 0.1) is 5.69 Å². The topological polar surface area (TPSA) is 82.0 Å². The number of carbonyl (C=O) groups is 1. The quantitative estimate of drug-likeness (QED) is 0.838. The average molecular weight is 237 g/mol. The number of nitrogens with zero attached hydrogens (tertiary/aromatic N) is 1. The summed E-state index contributed by atoms with van der Waals surface area (Å²) in [6.45, 7) is 3.44. The third-order valence-electron chi connectivity index (χ3n) is 2.14. The fraction of sp³-hybridized carbons (Fsp3) is 0.273. The van der Waals surface area contributed by atoms with Crippen molar-refractivity contribution in [1.82, 2.24) is 4.98 Å². The van der Waals surface area contributed by atoms with E-state index in [-0.39, 0.29) is 5.12 Å². The van der Waals surface area contributed by atoms with Crippen molar-refractivity contribution in [1.29, 1.82) is 0 Å². The van der Waals surface area contributed by atoms with Gasteiger partial charge in [-0.1, -0.05) is 23.9 Å². The van der Waals surface area contributed by atoms with Crippen LogP contribution in [0.3, 0.4) is 0 Å². The molecule has 0 atom stereocenters. The van der Waals surface area contributed by atoms with Gasteiger partial charge in [-0.3, -0.25) is 4.79 Å². The lowest BCUT2D eigenvalue weighted by Crippen LogP contribution is -2.01. The lowest BCUT2D eigenvalue weighted by Gasteiger charge is -2.05. The first-order valence-electron chi connectivity index (χ1n) is 4.83. The molecule has 4 N–H and O–H groups in total. The molecule has 0 unspecified atom stereocenters. The summed E-state index contributed by atoms with van der Waals surface area (Å²) in [7, 11) is 0. The van der Waals surface area contributed by atoms with Crippen molar-refractivity contribution in [2.45, 2.75) is 13.8 Å². The summed E-state index contributed by atoms with van der Waals surface area (Å²) in [4.78, 5) is 14.7. The number of thioether (sulfide) groups is 1. The number of aromatic nitrogens is 1. The largest absolute Gasteiger partial charge is 0.396 e. The van der Waals surface area contributed by atoms with Crippen molar-refractivity contribution in [2.24, 2.45) is 0 Å². The number of pyridine rings is 1. The zero-order chi connectivity index (χ0) is 12.1. The van der Waals surface area contributed by atoms with Crippen LogP contribution < -0.4 is 11.5 Å². The van der Waals surface area contributed by atoms with Gasteiger partial charge < -0.3 is 11.5 Å². The lowest BCUT2D eigenvalue weighted by molar-refractivity contribution is -0.109. The summed E-state index contributed by atoms with van der Waals surface area (Å²) in [5, 5.41) is 0.108. The molecule has 0 aromatic carbocycles. The zero-order valence-corrected chi connectivity index (χ0v) is 10.2. The number of hydrogen-bond donors (Lipinski definition) is 2. The minimum atomic E-state index is 0.108. The van der Waals surface area contributed by atoms with Gasteiger partial charge in [-0.05, 0) is 18.1 Å². The number of hydrogen-bond acceptors (Lipinski definition) is 5. The molecule has 0 saturated heterocycles. The standard InChI is InChI=1S/C11H15N3OS/c1-7-9(4-3-5-16-8(2)15)6-14-11(13)10(7)12/h3-4,6H,5,12H2,1-2H3,(H2,13,14). The third kappa shape index (κ3) is 3.27. The summed E-state index contributed by atoms with van der Waals surface area (Å²) in [5.41, 5.74) is 13.7. The van der Waals surface area contributed by atoms with Gasteiger partial charge in [0.15, 0.2) is 5.12 Å². The van der Waals surface area contributed by atoms with Crippen molar-refractivity contribution in [3.63, 3.8) is 0 Å². The number of anilines is 2. The van der Waals surface area contributed by atoms with E-state index in [0.29, 0.717) is 17.3 Å². The van der Waals surface area contributed by atoms with Gasteiger partial charge in [-0.2, -0.15) is 0 Å². The molecule has 0 aliphatic heterocycles. The van der Waals surface area contributed by atoms with Gasteiger partial charge in [0, 0.05) is 18.9 Å². The Kier molecular flexibility index (Phi) is 4.37. The Labute approximate surface area is 99.1 Å². The third-order valence-corrected chi connectivity index (χ3v) is 2.90. The first-order chi connectivity index (χ1) is 7.52. The van der Waals surface area contributed by atoms with Crippen LogP contribution in [0.1, 0.15) is 18.1 Å². The van der Waals surface area contributed by atoms with Gasteiger partial charge >= 0.3 is 0 Å². The predicted molar refractivity (Wildman–Crippen MR) is 70.0 cm³/mol. The van der Waals surface area contributed by atoms with Crippen LogP contribution in [-0.4, -0.2) is 15.9 Å². The molecule has 5 heteroatoms. The Hall–Kier alpha value is -1.49. The molecule has 1 rings (SSSR count). The van der Waals surface area contributed by atoms with Gasteiger partial charge in [0.25, 0.3) is 0 Å². The molecular weight excluding hydrogens is 222 g/mol. The molecule has 1 aromatic rings. The molecular formula is C11H15N3OS. The lowest BCUT2D eigenvalue weighted by atomic mass is 10.1. The minimum absolute atomic E-state index is 0.108. The highest BCUT2D eigenvalue weighted by molar-refractivity contribution is 8.13. The van der Waals surface area contributed by atoms with Crippen LogP contribution in [0.4, 0.5) is 11.5 Å². The maximum atomic E-state index is 10.7. The summed E-state index contributed by atoms with van der Waals surface area (Å²) in [6.07, 6.45) is 5.48. The number of carbonyl (C=O) groups excluding carboxylic acids is 1. The summed E-state index contributed by atoms with van der Waals surface area (Å²) < 4.78 is 0. The Balaban J connectivity index is 2.74. The van der Waals surface area contributed by atoms with Crippen LogP contribution in [0.15, 0.2) is 12.3 Å². The van der Waals surface area contributed by atoms with E-state index in [9.17, 15) is 4.79 Å². The van der Waals surface area contributed by atoms with E-state index in [4.69, 9.17) is 11.5 Å². The smallest absolute Gasteiger partial charge is 0.186 e. The maximum absolute atomic E-state index is 10.7. The minimum Gasteiger partial charge on any atom is -0.396 e. The van der Waals surface area contributed by atoms with Crippen molar-refractivity contribution in [3.8, 4) is 0 Å². The van der Waals surface area contributed by atoms with Crippen LogP contribution in [0, 0.1) is 6.92 Å². The van der Waals surface area contributed by atoms with Crippen molar-refractivity contribution < 1.29 is 4.79 Å². The second kappa shape index (κ2) is 5.55. The van der Waals surface area contributed by atoms with E-state index in [1.165, 1.54) is 11.8 Å². The van der Waals surface area contributed by atoms with E-state index >= 15 is 0 Å². The highest BCUT2D eigenvalue weighted by Crippen LogP contribution is 2.21. The highest BCUT2D eigenvalue weighted by atomic mass is 32.2. The molecule has 4 nitrogen and oxygen atoms in total. The van der Waals surface area contributed by atoms with Crippen LogP contribution in [0.5, 0.6) is 0 Å². The van der Waals surface area contributed by atoms with Crippen LogP contribution in [0.2, 0.25) is 0 Å². The summed E-state index contributed by atoms with van der Waals surface area (Å²) in [6, 6.07) is 0. The van der Waals surface area contributed by atoms with Crippen LogP contribution in [-0.2, 0) is 4.79 Å². The molecule has 0 amide bonds. The molecule has 0 radical (unpaired) electrons. The zero-order valence-electron chi connectivity index (χ0n) is 9.36. The van der Waals surface area contributed by atoms with Gasteiger partial charge in [-0.25, -0.2) is 4.98 Å². The van der Waals surface area contributed by atoms with Gasteiger partial charge in [0.2, 0.25) is 0 Å². The molecule has 86 valence electrons. The van der Waals surface area contributed by atoms with Crippen molar-refractivity contribution in [3.05, 3.63) is 23.4 Å². The fourth-order valence-corrected chi connectivity index (χ4v) is 1.59. The predicted octanol–water partition coefficient (Wildman–Crippen LogP) is 1.85. The highest BCUT2D eigenvalue weighted by Gasteiger charge is 2.03. The fourth-order valence-electron chi connectivity index (χ4n) is 1.16. The van der Waals surface area contributed by atoms with Crippen LogP contribution in [0.25, 0.3) is 6.08 Å². The summed E-state index contributed by atoms with van der Waals surface area (Å²) in [5.74, 6) is 1.01. The monoisotopic (exact) mass is 237 g/mol. The molecule has 16 heavy (non-hydrogen) atoms. The van der Waals surface area contributed by atoms with E-state index < -0.39 is 0 Å². The normalized spacial score (nSPS) is 10.9. The van der Waals surface area contributed by atoms with E-state index in [1.54, 1.807) is 13.1 Å². The van der Waals surface area contributed by atoms with E-state index in [0.717, 1.165) is 11.1 Å². The molecule has 0 aliphatic carbocycles. The Morgan fingerprint density at radius 1 is 1.56 bits per heavy atom. The number of rotatable bonds is 3. The molecule has 0 spiro atoms. The van der Waals surface area contributed by atoms with Crippen LogP contribution >= 0.6 is 11.8 Å². The maximum Gasteiger partial charge on any atom is 0.186 e. The molecule has 1 heterocycles. The van der Waals surface area contributed by atoms with E-state index in [2.05, 4.69) is 4.98 Å². The molecule has 0 aliphatic rings. The average Bonchev–Trinajstić information content (AvgIpc) is 2.23. The Morgan fingerprint density at radius 2 is 2.25 bits per heavy atom. The number of nitrogen functional groups attached to an aromatic ring is 2. The second-order valence-electron chi connectivity index (χ2n) is 3.34. The SMILES string of the molecule is CC(=O)SCC=Cc1cnc(N)c(N)c1C. The molecule has 1 aromatic heterocycles.